The summed E-state index contributed by atoms with van der Waals surface area (Å²) in [6, 6.07) is 18.3. The van der Waals surface area contributed by atoms with Gasteiger partial charge in [0.25, 0.3) is 0 Å². The van der Waals surface area contributed by atoms with Crippen molar-refractivity contribution in [3.8, 4) is 0 Å². The fourth-order valence-corrected chi connectivity index (χ4v) is 6.06. The smallest absolute Gasteiger partial charge is 0.244 e. The Kier molecular flexibility index (Phi) is 6.88. The highest BCUT2D eigenvalue weighted by Crippen LogP contribution is 2.27. The van der Waals surface area contributed by atoms with Crippen molar-refractivity contribution in [2.45, 2.75) is 44.6 Å². The van der Waals surface area contributed by atoms with Gasteiger partial charge < -0.3 is 5.32 Å². The first-order valence-electron chi connectivity index (χ1n) is 11.0. The van der Waals surface area contributed by atoms with Crippen LogP contribution in [0, 0.1) is 13.8 Å². The van der Waals surface area contributed by atoms with Gasteiger partial charge in [-0.25, -0.2) is 8.42 Å². The molecule has 33 heavy (non-hydrogen) atoms. The molecule has 0 aliphatic heterocycles. The van der Waals surface area contributed by atoms with Crippen LogP contribution >= 0.6 is 11.6 Å². The molecule has 1 N–H and O–H groups in total. The minimum atomic E-state index is -3.95. The second-order valence-corrected chi connectivity index (χ2v) is 10.8. The van der Waals surface area contributed by atoms with E-state index in [4.69, 9.17) is 11.6 Å². The van der Waals surface area contributed by atoms with E-state index in [1.807, 2.05) is 31.2 Å². The summed E-state index contributed by atoms with van der Waals surface area (Å²) in [6.45, 7) is 3.27. The number of sulfonamides is 1. The molecule has 1 amide bonds. The second-order valence-electron chi connectivity index (χ2n) is 8.52. The molecule has 0 unspecified atom stereocenters. The molecular formula is C26H27ClN2O3S. The number of carbonyl (C=O) groups excluding carboxylic acids is 1. The Morgan fingerprint density at radius 2 is 1.76 bits per heavy atom. The Balaban J connectivity index is 1.63. The number of nitrogens with zero attached hydrogens (tertiary/aromatic N) is 1. The average Bonchev–Trinajstić information content (AvgIpc) is 3.24. The van der Waals surface area contributed by atoms with Crippen LogP contribution in [0.4, 0.5) is 5.69 Å². The number of amides is 1. The summed E-state index contributed by atoms with van der Waals surface area (Å²) < 4.78 is 28.5. The number of rotatable bonds is 7. The predicted octanol–water partition coefficient (Wildman–Crippen LogP) is 5.28. The summed E-state index contributed by atoms with van der Waals surface area (Å²) in [5.74, 6) is -0.395. The number of carbonyl (C=O) groups is 1. The Labute approximate surface area is 200 Å². The van der Waals surface area contributed by atoms with Gasteiger partial charge in [0.2, 0.25) is 15.9 Å². The van der Waals surface area contributed by atoms with Crippen molar-refractivity contribution in [3.63, 3.8) is 0 Å². The van der Waals surface area contributed by atoms with E-state index in [1.165, 1.54) is 15.4 Å². The molecule has 1 aliphatic carbocycles. The van der Waals surface area contributed by atoms with E-state index >= 15 is 0 Å². The van der Waals surface area contributed by atoms with E-state index in [1.54, 1.807) is 43.3 Å². The van der Waals surface area contributed by atoms with Crippen molar-refractivity contribution in [2.24, 2.45) is 0 Å². The van der Waals surface area contributed by atoms with E-state index < -0.39 is 15.9 Å². The topological polar surface area (TPSA) is 66.5 Å². The zero-order chi connectivity index (χ0) is 23.6. The Hall–Kier alpha value is -2.67. The lowest BCUT2D eigenvalue weighted by molar-refractivity contribution is -0.116. The van der Waals surface area contributed by atoms with Crippen molar-refractivity contribution in [1.82, 2.24) is 4.31 Å². The number of hydrogen-bond acceptors (Lipinski definition) is 3. The van der Waals surface area contributed by atoms with Gasteiger partial charge in [-0.15, -0.1) is 0 Å². The van der Waals surface area contributed by atoms with Crippen molar-refractivity contribution < 1.29 is 13.2 Å². The number of halogens is 1. The predicted molar refractivity (Wildman–Crippen MR) is 132 cm³/mol. The lowest BCUT2D eigenvalue weighted by Crippen LogP contribution is -2.38. The van der Waals surface area contributed by atoms with E-state index in [2.05, 4.69) is 5.32 Å². The van der Waals surface area contributed by atoms with E-state index in [-0.39, 0.29) is 18.0 Å². The molecule has 0 radical (unpaired) electrons. The maximum Gasteiger partial charge on any atom is 0.244 e. The molecule has 5 nitrogen and oxygen atoms in total. The van der Waals surface area contributed by atoms with Crippen LogP contribution in [-0.2, 0) is 34.2 Å². The van der Waals surface area contributed by atoms with Gasteiger partial charge in [-0.05, 0) is 85.2 Å². The van der Waals surface area contributed by atoms with Crippen molar-refractivity contribution in [2.75, 3.05) is 11.9 Å². The largest absolute Gasteiger partial charge is 0.325 e. The van der Waals surface area contributed by atoms with Crippen LogP contribution in [-0.4, -0.2) is 25.2 Å². The maximum absolute atomic E-state index is 13.7. The van der Waals surface area contributed by atoms with E-state index in [0.29, 0.717) is 21.8 Å². The van der Waals surface area contributed by atoms with Crippen molar-refractivity contribution >= 4 is 33.2 Å². The molecule has 0 aromatic heterocycles. The van der Waals surface area contributed by atoms with Gasteiger partial charge in [0.1, 0.15) is 0 Å². The van der Waals surface area contributed by atoms with Gasteiger partial charge in [-0.1, -0.05) is 48.0 Å². The van der Waals surface area contributed by atoms with Crippen LogP contribution < -0.4 is 5.32 Å². The summed E-state index contributed by atoms with van der Waals surface area (Å²) in [5, 5.41) is 3.33. The molecule has 3 aromatic carbocycles. The van der Waals surface area contributed by atoms with Crippen LogP contribution in [0.2, 0.25) is 5.02 Å². The number of aryl methyl sites for hydroxylation is 4. The molecule has 0 saturated heterocycles. The molecule has 0 saturated carbocycles. The van der Waals surface area contributed by atoms with E-state index in [9.17, 15) is 13.2 Å². The van der Waals surface area contributed by atoms with Gasteiger partial charge in [-0.3, -0.25) is 4.79 Å². The number of nitrogens with one attached hydrogen (secondary N) is 1. The highest BCUT2D eigenvalue weighted by molar-refractivity contribution is 7.89. The van der Waals surface area contributed by atoms with Gasteiger partial charge in [-0.2, -0.15) is 4.31 Å². The molecule has 172 valence electrons. The molecule has 0 atom stereocenters. The normalized spacial score (nSPS) is 13.2. The zero-order valence-electron chi connectivity index (χ0n) is 18.8. The molecule has 0 bridgehead atoms. The molecule has 0 spiro atoms. The monoisotopic (exact) mass is 482 g/mol. The van der Waals surface area contributed by atoms with E-state index in [0.717, 1.165) is 24.8 Å². The fourth-order valence-electron chi connectivity index (χ4n) is 4.18. The summed E-state index contributed by atoms with van der Waals surface area (Å²) in [7, 11) is -3.95. The average molecular weight is 483 g/mol. The third kappa shape index (κ3) is 5.29. The number of fused-ring (bicyclic) bond motifs is 1. The van der Waals surface area contributed by atoms with Crippen LogP contribution in [0.1, 0.15) is 34.2 Å². The number of benzene rings is 3. The minimum Gasteiger partial charge on any atom is -0.325 e. The first-order valence-corrected chi connectivity index (χ1v) is 12.8. The van der Waals surface area contributed by atoms with Crippen molar-refractivity contribution in [3.05, 3.63) is 93.5 Å². The lowest BCUT2D eigenvalue weighted by Gasteiger charge is -2.23. The van der Waals surface area contributed by atoms with Gasteiger partial charge in [0, 0.05) is 17.3 Å². The van der Waals surface area contributed by atoms with Crippen LogP contribution in [0.5, 0.6) is 0 Å². The number of anilines is 1. The van der Waals surface area contributed by atoms with Crippen LogP contribution in [0.25, 0.3) is 0 Å². The van der Waals surface area contributed by atoms with Gasteiger partial charge in [0.15, 0.2) is 0 Å². The van der Waals surface area contributed by atoms with Gasteiger partial charge >= 0.3 is 0 Å². The third-order valence-electron chi connectivity index (χ3n) is 5.97. The molecule has 0 fully saturated rings. The van der Waals surface area contributed by atoms with Crippen LogP contribution in [0.15, 0.2) is 65.6 Å². The zero-order valence-corrected chi connectivity index (χ0v) is 20.3. The first-order chi connectivity index (χ1) is 15.7. The second kappa shape index (κ2) is 9.67. The molecule has 1 aliphatic rings. The summed E-state index contributed by atoms with van der Waals surface area (Å²) >= 11 is 6.32. The lowest BCUT2D eigenvalue weighted by atomic mass is 10.1. The Morgan fingerprint density at radius 1 is 1.00 bits per heavy atom. The molecule has 7 heteroatoms. The Morgan fingerprint density at radius 3 is 2.55 bits per heavy atom. The molecular weight excluding hydrogens is 456 g/mol. The molecule has 0 heterocycles. The summed E-state index contributed by atoms with van der Waals surface area (Å²) in [4.78, 5) is 13.2. The third-order valence-corrected chi connectivity index (χ3v) is 8.27. The minimum absolute atomic E-state index is 0.00695. The quantitative estimate of drug-likeness (QED) is 0.498. The van der Waals surface area contributed by atoms with Crippen LogP contribution in [0.3, 0.4) is 0 Å². The standard InChI is InChI=1S/C26H27ClN2O3S/c1-18-10-11-19(2)25(14-18)33(31,32)29(16-22-6-3-4-9-24(22)27)17-26(30)28-23-13-12-20-7-5-8-21(20)15-23/h3-4,6,9-15H,5,7-8,16-17H2,1-2H3,(H,28,30). The maximum atomic E-state index is 13.7. The first kappa shape index (κ1) is 23.5. The molecule has 4 rings (SSSR count). The fraction of sp³-hybridized carbons (Fsp3) is 0.269. The Bertz CT molecular complexity index is 1300. The van der Waals surface area contributed by atoms with Gasteiger partial charge in [0.05, 0.1) is 11.4 Å². The highest BCUT2D eigenvalue weighted by atomic mass is 35.5. The summed E-state index contributed by atoms with van der Waals surface area (Å²) in [6.07, 6.45) is 3.17. The SMILES string of the molecule is Cc1ccc(C)c(S(=O)(=O)N(CC(=O)Nc2ccc3c(c2)CCC3)Cc2ccccc2Cl)c1. The highest BCUT2D eigenvalue weighted by Gasteiger charge is 2.29. The number of hydrogen-bond donors (Lipinski definition) is 1. The van der Waals surface area contributed by atoms with Crippen molar-refractivity contribution in [1.29, 1.82) is 0 Å². The summed E-state index contributed by atoms with van der Waals surface area (Å²) in [5.41, 5.74) is 5.33. The molecule has 3 aromatic rings.